The van der Waals surface area contributed by atoms with Gasteiger partial charge in [0.1, 0.15) is 0 Å². The molecular formula is C14H21ClN2. The second-order valence-electron chi connectivity index (χ2n) is 5.33. The van der Waals surface area contributed by atoms with Crippen LogP contribution in [0.2, 0.25) is 5.02 Å². The molecule has 3 heteroatoms. The maximum Gasteiger partial charge on any atom is 0.0406 e. The van der Waals surface area contributed by atoms with Crippen molar-refractivity contribution in [3.8, 4) is 0 Å². The van der Waals surface area contributed by atoms with E-state index < -0.39 is 0 Å². The Bertz CT molecular complexity index is 357. The molecule has 0 aromatic heterocycles. The monoisotopic (exact) mass is 252 g/mol. The van der Waals surface area contributed by atoms with Crippen LogP contribution in [-0.2, 0) is 6.54 Å². The minimum absolute atomic E-state index is 0.133. The van der Waals surface area contributed by atoms with E-state index in [0.717, 1.165) is 24.5 Å². The predicted octanol–water partition coefficient (Wildman–Crippen LogP) is 3.04. The van der Waals surface area contributed by atoms with Crippen molar-refractivity contribution < 1.29 is 0 Å². The average molecular weight is 253 g/mol. The lowest BCUT2D eigenvalue weighted by Crippen LogP contribution is -2.48. The average Bonchev–Trinajstić information content (AvgIpc) is 2.27. The molecule has 94 valence electrons. The fraction of sp³-hybridized carbons (Fsp3) is 0.571. The lowest BCUT2D eigenvalue weighted by atomic mass is 9.75. The van der Waals surface area contributed by atoms with Crippen molar-refractivity contribution in [2.24, 2.45) is 5.73 Å². The van der Waals surface area contributed by atoms with Crippen LogP contribution in [0, 0.1) is 0 Å². The van der Waals surface area contributed by atoms with Crippen molar-refractivity contribution in [1.29, 1.82) is 0 Å². The van der Waals surface area contributed by atoms with E-state index in [1.54, 1.807) is 0 Å². The summed E-state index contributed by atoms with van der Waals surface area (Å²) >= 11 is 5.87. The summed E-state index contributed by atoms with van der Waals surface area (Å²) in [4.78, 5) is 2.33. The Hall–Kier alpha value is -0.570. The van der Waals surface area contributed by atoms with Crippen molar-refractivity contribution in [1.82, 2.24) is 4.90 Å². The van der Waals surface area contributed by atoms with Crippen LogP contribution in [0.25, 0.3) is 0 Å². The highest BCUT2D eigenvalue weighted by Crippen LogP contribution is 2.32. The van der Waals surface area contributed by atoms with Crippen molar-refractivity contribution >= 4 is 11.6 Å². The normalized spacial score (nSPS) is 18.1. The van der Waals surface area contributed by atoms with Gasteiger partial charge in [0, 0.05) is 17.1 Å². The molecule has 1 aliphatic carbocycles. The third kappa shape index (κ3) is 3.70. The molecule has 2 rings (SSSR count). The zero-order valence-electron chi connectivity index (χ0n) is 10.5. The molecule has 1 fully saturated rings. The fourth-order valence-corrected chi connectivity index (χ4v) is 2.40. The van der Waals surface area contributed by atoms with E-state index in [1.807, 2.05) is 12.1 Å². The van der Waals surface area contributed by atoms with Crippen molar-refractivity contribution in [2.75, 3.05) is 13.6 Å². The van der Waals surface area contributed by atoms with E-state index in [2.05, 4.69) is 24.1 Å². The van der Waals surface area contributed by atoms with Gasteiger partial charge in [0.2, 0.25) is 0 Å². The Morgan fingerprint density at radius 3 is 2.47 bits per heavy atom. The van der Waals surface area contributed by atoms with Crippen LogP contribution in [0.1, 0.15) is 31.2 Å². The van der Waals surface area contributed by atoms with Gasteiger partial charge in [0.15, 0.2) is 0 Å². The Kier molecular flexibility index (Phi) is 4.08. The van der Waals surface area contributed by atoms with Crippen molar-refractivity contribution in [3.63, 3.8) is 0 Å². The van der Waals surface area contributed by atoms with Crippen molar-refractivity contribution in [2.45, 2.75) is 37.8 Å². The van der Waals surface area contributed by atoms with Crippen LogP contribution in [0.5, 0.6) is 0 Å². The Balaban J connectivity index is 1.76. The number of nitrogens with two attached hydrogens (primary N) is 1. The summed E-state index contributed by atoms with van der Waals surface area (Å²) < 4.78 is 0. The third-order valence-corrected chi connectivity index (χ3v) is 3.96. The van der Waals surface area contributed by atoms with Crippen LogP contribution in [0.3, 0.4) is 0 Å². The summed E-state index contributed by atoms with van der Waals surface area (Å²) in [6, 6.07) is 8.06. The van der Waals surface area contributed by atoms with Gasteiger partial charge in [-0.1, -0.05) is 23.7 Å². The fourth-order valence-electron chi connectivity index (χ4n) is 2.27. The van der Waals surface area contributed by atoms with Crippen LogP contribution in [0.15, 0.2) is 24.3 Å². The molecule has 1 aromatic rings. The number of hydrogen-bond acceptors (Lipinski definition) is 2. The number of halogens is 1. The quantitative estimate of drug-likeness (QED) is 0.873. The molecule has 2 nitrogen and oxygen atoms in total. The standard InChI is InChI=1S/C14H21ClN2/c1-17(10-9-14(16)7-2-8-14)11-12-3-5-13(15)6-4-12/h3-6H,2,7-11,16H2,1H3. The molecule has 1 aliphatic rings. The van der Waals surface area contributed by atoms with Gasteiger partial charge in [-0.15, -0.1) is 0 Å². The molecule has 0 atom stereocenters. The van der Waals surface area contributed by atoms with E-state index in [4.69, 9.17) is 17.3 Å². The van der Waals surface area contributed by atoms with E-state index in [-0.39, 0.29) is 5.54 Å². The second kappa shape index (κ2) is 5.38. The molecule has 0 spiro atoms. The SMILES string of the molecule is CN(CCC1(N)CCC1)Cc1ccc(Cl)cc1. The first-order chi connectivity index (χ1) is 8.07. The summed E-state index contributed by atoms with van der Waals surface area (Å²) in [7, 11) is 2.15. The highest BCUT2D eigenvalue weighted by atomic mass is 35.5. The van der Waals surface area contributed by atoms with Gasteiger partial charge in [-0.3, -0.25) is 0 Å². The highest BCUT2D eigenvalue weighted by Gasteiger charge is 2.31. The predicted molar refractivity (Wildman–Crippen MR) is 73.2 cm³/mol. The molecule has 0 unspecified atom stereocenters. The largest absolute Gasteiger partial charge is 0.325 e. The lowest BCUT2D eigenvalue weighted by molar-refractivity contribution is 0.193. The summed E-state index contributed by atoms with van der Waals surface area (Å²) in [6.45, 7) is 2.03. The van der Waals surface area contributed by atoms with Crippen LogP contribution in [0.4, 0.5) is 0 Å². The van der Waals surface area contributed by atoms with Gasteiger partial charge in [0.05, 0.1) is 0 Å². The molecule has 0 aliphatic heterocycles. The first-order valence-corrected chi connectivity index (χ1v) is 6.67. The lowest BCUT2D eigenvalue weighted by Gasteiger charge is -2.39. The van der Waals surface area contributed by atoms with E-state index in [1.165, 1.54) is 24.8 Å². The molecule has 0 heterocycles. The molecular weight excluding hydrogens is 232 g/mol. The van der Waals surface area contributed by atoms with Gasteiger partial charge in [0.25, 0.3) is 0 Å². The summed E-state index contributed by atoms with van der Waals surface area (Å²) in [5.41, 5.74) is 7.66. The van der Waals surface area contributed by atoms with Crippen molar-refractivity contribution in [3.05, 3.63) is 34.9 Å². The first-order valence-electron chi connectivity index (χ1n) is 6.29. The third-order valence-electron chi connectivity index (χ3n) is 3.71. The number of benzene rings is 1. The van der Waals surface area contributed by atoms with Crippen LogP contribution in [-0.4, -0.2) is 24.0 Å². The zero-order chi connectivity index (χ0) is 12.3. The molecule has 0 radical (unpaired) electrons. The minimum atomic E-state index is 0.133. The number of rotatable bonds is 5. The van der Waals surface area contributed by atoms with Gasteiger partial charge in [-0.05, 0) is 57.0 Å². The Labute approximate surface area is 109 Å². The molecule has 1 aromatic carbocycles. The maximum absolute atomic E-state index is 6.22. The second-order valence-corrected chi connectivity index (χ2v) is 5.77. The zero-order valence-corrected chi connectivity index (χ0v) is 11.2. The van der Waals surface area contributed by atoms with Gasteiger partial charge >= 0.3 is 0 Å². The van der Waals surface area contributed by atoms with Gasteiger partial charge < -0.3 is 10.6 Å². The topological polar surface area (TPSA) is 29.3 Å². The number of nitrogens with zero attached hydrogens (tertiary/aromatic N) is 1. The number of hydrogen-bond donors (Lipinski definition) is 1. The minimum Gasteiger partial charge on any atom is -0.325 e. The highest BCUT2D eigenvalue weighted by molar-refractivity contribution is 6.30. The molecule has 0 saturated heterocycles. The smallest absolute Gasteiger partial charge is 0.0406 e. The van der Waals surface area contributed by atoms with Crippen LogP contribution >= 0.6 is 11.6 Å². The van der Waals surface area contributed by atoms with Gasteiger partial charge in [-0.25, -0.2) is 0 Å². The Morgan fingerprint density at radius 1 is 1.29 bits per heavy atom. The summed E-state index contributed by atoms with van der Waals surface area (Å²) in [5.74, 6) is 0. The molecule has 0 amide bonds. The summed E-state index contributed by atoms with van der Waals surface area (Å²) in [5, 5.41) is 0.798. The summed E-state index contributed by atoms with van der Waals surface area (Å²) in [6.07, 6.45) is 4.80. The molecule has 17 heavy (non-hydrogen) atoms. The van der Waals surface area contributed by atoms with E-state index >= 15 is 0 Å². The first kappa shape index (κ1) is 12.9. The van der Waals surface area contributed by atoms with E-state index in [9.17, 15) is 0 Å². The molecule has 1 saturated carbocycles. The Morgan fingerprint density at radius 2 is 1.94 bits per heavy atom. The van der Waals surface area contributed by atoms with Gasteiger partial charge in [-0.2, -0.15) is 0 Å². The maximum atomic E-state index is 6.22. The van der Waals surface area contributed by atoms with Crippen LogP contribution < -0.4 is 5.73 Å². The molecule has 0 bridgehead atoms. The van der Waals surface area contributed by atoms with E-state index in [0.29, 0.717) is 0 Å². The molecule has 2 N–H and O–H groups in total.